The number of carbonyl (C=O) groups excluding carboxylic acids is 3. The zero-order valence-electron chi connectivity index (χ0n) is 14.0. The van der Waals surface area contributed by atoms with Gasteiger partial charge >= 0.3 is 5.97 Å². The first-order valence-electron chi connectivity index (χ1n) is 7.58. The first-order valence-corrected chi connectivity index (χ1v) is 7.58. The van der Waals surface area contributed by atoms with E-state index in [9.17, 15) is 14.4 Å². The number of rotatable bonds is 8. The summed E-state index contributed by atoms with van der Waals surface area (Å²) in [6.07, 6.45) is 0. The Labute approximate surface area is 140 Å². The van der Waals surface area contributed by atoms with E-state index in [1.807, 2.05) is 0 Å². The molecule has 0 aliphatic heterocycles. The van der Waals surface area contributed by atoms with Gasteiger partial charge in [0.15, 0.2) is 0 Å². The van der Waals surface area contributed by atoms with Crippen molar-refractivity contribution in [1.29, 1.82) is 0 Å². The molecule has 0 saturated carbocycles. The highest BCUT2D eigenvalue weighted by Gasteiger charge is 2.19. The van der Waals surface area contributed by atoms with Gasteiger partial charge in [-0.25, -0.2) is 4.79 Å². The second-order valence-electron chi connectivity index (χ2n) is 4.91. The first kappa shape index (κ1) is 19.4. The van der Waals surface area contributed by atoms with Gasteiger partial charge in [-0.3, -0.25) is 9.59 Å². The van der Waals surface area contributed by atoms with Crippen LogP contribution in [0.3, 0.4) is 0 Å². The van der Waals surface area contributed by atoms with Crippen molar-refractivity contribution in [1.82, 2.24) is 10.6 Å². The molecule has 8 nitrogen and oxygen atoms in total. The molecule has 0 bridgehead atoms. The number of nitrogens with one attached hydrogen (secondary N) is 2. The van der Waals surface area contributed by atoms with E-state index in [2.05, 4.69) is 10.6 Å². The van der Waals surface area contributed by atoms with Crippen LogP contribution in [0.15, 0.2) is 18.2 Å². The van der Waals surface area contributed by atoms with Crippen LogP contribution in [0.25, 0.3) is 0 Å². The molecular weight excluding hydrogens is 314 g/mol. The summed E-state index contributed by atoms with van der Waals surface area (Å²) in [6, 6.07) is 3.61. The summed E-state index contributed by atoms with van der Waals surface area (Å²) in [4.78, 5) is 35.7. The zero-order chi connectivity index (χ0) is 18.1. The van der Waals surface area contributed by atoms with Crippen LogP contribution in [0.1, 0.15) is 34.6 Å². The van der Waals surface area contributed by atoms with E-state index < -0.39 is 17.9 Å². The van der Waals surface area contributed by atoms with E-state index in [0.717, 1.165) is 0 Å². The maximum atomic E-state index is 12.2. The topological polar surface area (TPSA) is 120 Å². The highest BCUT2D eigenvalue weighted by atomic mass is 16.5. The summed E-state index contributed by atoms with van der Waals surface area (Å²) in [5.74, 6) is -1.08. The standard InChI is InChI=1S/C16H23N3O5/c1-4-24-16(22)10(2)19-14(20)11-5-6-12(13(9-11)23-3)15(21)18-8-7-17/h5-6,9-10H,4,7-8,17H2,1-3H3,(H,18,21)(H,19,20). The summed E-state index contributed by atoms with van der Waals surface area (Å²) in [7, 11) is 1.40. The van der Waals surface area contributed by atoms with Crippen molar-refractivity contribution >= 4 is 17.8 Å². The molecule has 4 N–H and O–H groups in total. The number of esters is 1. The van der Waals surface area contributed by atoms with Crippen molar-refractivity contribution in [3.8, 4) is 5.75 Å². The highest BCUT2D eigenvalue weighted by molar-refractivity contribution is 6.01. The van der Waals surface area contributed by atoms with Crippen molar-refractivity contribution in [3.63, 3.8) is 0 Å². The molecule has 8 heteroatoms. The molecule has 0 heterocycles. The molecule has 0 fully saturated rings. The Morgan fingerprint density at radius 2 is 1.96 bits per heavy atom. The molecule has 0 aliphatic rings. The molecule has 1 unspecified atom stereocenters. The number of carbonyl (C=O) groups is 3. The largest absolute Gasteiger partial charge is 0.496 e. The number of ether oxygens (including phenoxy) is 2. The molecule has 2 amide bonds. The molecule has 1 aromatic carbocycles. The van der Waals surface area contributed by atoms with Crippen LogP contribution in [0.5, 0.6) is 5.75 Å². The Kier molecular flexibility index (Phi) is 7.70. The molecule has 0 radical (unpaired) electrons. The third kappa shape index (κ3) is 5.24. The smallest absolute Gasteiger partial charge is 0.328 e. The van der Waals surface area contributed by atoms with Crippen LogP contribution >= 0.6 is 0 Å². The molecule has 1 atom stereocenters. The Hall–Kier alpha value is -2.61. The van der Waals surface area contributed by atoms with Crippen LogP contribution in [0, 0.1) is 0 Å². The summed E-state index contributed by atoms with van der Waals surface area (Å²) >= 11 is 0. The number of nitrogens with two attached hydrogens (primary N) is 1. The van der Waals surface area contributed by atoms with Gasteiger partial charge < -0.3 is 25.8 Å². The summed E-state index contributed by atoms with van der Waals surface area (Å²) in [5, 5.41) is 5.16. The van der Waals surface area contributed by atoms with Gasteiger partial charge in [-0.15, -0.1) is 0 Å². The fourth-order valence-corrected chi connectivity index (χ4v) is 1.91. The predicted octanol–water partition coefficient (Wildman–Crippen LogP) is 0.0651. The second kappa shape index (κ2) is 9.51. The van der Waals surface area contributed by atoms with Gasteiger partial charge in [0.1, 0.15) is 11.8 Å². The van der Waals surface area contributed by atoms with E-state index >= 15 is 0 Å². The van der Waals surface area contributed by atoms with E-state index in [1.165, 1.54) is 32.2 Å². The molecule has 1 rings (SSSR count). The van der Waals surface area contributed by atoms with Gasteiger partial charge in [-0.05, 0) is 32.0 Å². The maximum Gasteiger partial charge on any atom is 0.328 e. The van der Waals surface area contributed by atoms with E-state index in [-0.39, 0.29) is 23.8 Å². The SMILES string of the molecule is CCOC(=O)C(C)NC(=O)c1ccc(C(=O)NCCN)c(OC)c1. The van der Waals surface area contributed by atoms with Gasteiger partial charge in [0.05, 0.1) is 19.3 Å². The van der Waals surface area contributed by atoms with Gasteiger partial charge in [0.2, 0.25) is 0 Å². The highest BCUT2D eigenvalue weighted by Crippen LogP contribution is 2.20. The predicted molar refractivity (Wildman–Crippen MR) is 87.9 cm³/mol. The number of hydrogen-bond acceptors (Lipinski definition) is 6. The minimum Gasteiger partial charge on any atom is -0.496 e. The quantitative estimate of drug-likeness (QED) is 0.577. The lowest BCUT2D eigenvalue weighted by molar-refractivity contribution is -0.144. The normalized spacial score (nSPS) is 11.3. The minimum absolute atomic E-state index is 0.236. The van der Waals surface area contributed by atoms with Gasteiger partial charge in [0.25, 0.3) is 11.8 Å². The van der Waals surface area contributed by atoms with Crippen LogP contribution < -0.4 is 21.1 Å². The average Bonchev–Trinajstić information content (AvgIpc) is 2.58. The summed E-state index contributed by atoms with van der Waals surface area (Å²) in [5.41, 5.74) is 5.90. The lowest BCUT2D eigenvalue weighted by atomic mass is 10.1. The number of hydrogen-bond donors (Lipinski definition) is 3. The van der Waals surface area contributed by atoms with Gasteiger partial charge in [-0.1, -0.05) is 0 Å². The molecule has 24 heavy (non-hydrogen) atoms. The molecule has 132 valence electrons. The van der Waals surface area contributed by atoms with Crippen molar-refractivity contribution in [2.75, 3.05) is 26.8 Å². The molecule has 1 aromatic rings. The van der Waals surface area contributed by atoms with Crippen LogP contribution in [0.2, 0.25) is 0 Å². The Bertz CT molecular complexity index is 603. The summed E-state index contributed by atoms with van der Waals surface area (Å²) in [6.45, 7) is 4.11. The van der Waals surface area contributed by atoms with Crippen LogP contribution in [-0.4, -0.2) is 50.6 Å². The van der Waals surface area contributed by atoms with Gasteiger partial charge in [-0.2, -0.15) is 0 Å². The maximum absolute atomic E-state index is 12.2. The Balaban J connectivity index is 2.88. The van der Waals surface area contributed by atoms with E-state index in [4.69, 9.17) is 15.2 Å². The Morgan fingerprint density at radius 3 is 2.54 bits per heavy atom. The van der Waals surface area contributed by atoms with Crippen molar-refractivity contribution in [2.24, 2.45) is 5.73 Å². The third-order valence-electron chi connectivity index (χ3n) is 3.13. The van der Waals surface area contributed by atoms with Crippen molar-refractivity contribution in [3.05, 3.63) is 29.3 Å². The average molecular weight is 337 g/mol. The second-order valence-corrected chi connectivity index (χ2v) is 4.91. The fraction of sp³-hybridized carbons (Fsp3) is 0.438. The molecule has 0 spiro atoms. The number of methoxy groups -OCH3 is 1. The lowest BCUT2D eigenvalue weighted by Crippen LogP contribution is -2.39. The van der Waals surface area contributed by atoms with E-state index in [0.29, 0.717) is 18.7 Å². The third-order valence-corrected chi connectivity index (χ3v) is 3.13. The minimum atomic E-state index is -0.782. The van der Waals surface area contributed by atoms with Crippen LogP contribution in [0.4, 0.5) is 0 Å². The molecule has 0 aromatic heterocycles. The lowest BCUT2D eigenvalue weighted by Gasteiger charge is -2.14. The molecule has 0 aliphatic carbocycles. The van der Waals surface area contributed by atoms with Crippen LogP contribution in [-0.2, 0) is 9.53 Å². The molecular formula is C16H23N3O5. The van der Waals surface area contributed by atoms with Crippen molar-refractivity contribution in [2.45, 2.75) is 19.9 Å². The first-order chi connectivity index (χ1) is 11.4. The zero-order valence-corrected chi connectivity index (χ0v) is 14.0. The van der Waals surface area contributed by atoms with Gasteiger partial charge in [0, 0.05) is 18.7 Å². The fourth-order valence-electron chi connectivity index (χ4n) is 1.91. The summed E-state index contributed by atoms with van der Waals surface area (Å²) < 4.78 is 10.00. The van der Waals surface area contributed by atoms with E-state index in [1.54, 1.807) is 6.92 Å². The molecule has 0 saturated heterocycles. The monoisotopic (exact) mass is 337 g/mol. The number of amides is 2. The van der Waals surface area contributed by atoms with Crippen molar-refractivity contribution < 1.29 is 23.9 Å². The Morgan fingerprint density at radius 1 is 1.25 bits per heavy atom. The number of benzene rings is 1.